The molecule has 2 N–H and O–H groups in total. The summed E-state index contributed by atoms with van der Waals surface area (Å²) in [5, 5.41) is 5.41. The third-order valence-electron chi connectivity index (χ3n) is 2.86. The number of rotatable bonds is 16. The lowest BCUT2D eigenvalue weighted by molar-refractivity contribution is -0.120. The molecule has 0 bridgehead atoms. The van der Waals surface area contributed by atoms with E-state index in [4.69, 9.17) is 18.9 Å². The van der Waals surface area contributed by atoms with E-state index in [1.54, 1.807) is 6.92 Å². The molecule has 0 aromatic heterocycles. The van der Waals surface area contributed by atoms with Gasteiger partial charge in [-0.1, -0.05) is 6.92 Å². The highest BCUT2D eigenvalue weighted by molar-refractivity contribution is 5.75. The van der Waals surface area contributed by atoms with Crippen LogP contribution in [0.2, 0.25) is 0 Å². The van der Waals surface area contributed by atoms with Crippen molar-refractivity contribution in [2.45, 2.75) is 33.1 Å². The second kappa shape index (κ2) is 18.0. The van der Waals surface area contributed by atoms with Crippen molar-refractivity contribution < 1.29 is 28.5 Å². The van der Waals surface area contributed by atoms with Crippen molar-refractivity contribution in [2.75, 3.05) is 59.3 Å². The summed E-state index contributed by atoms with van der Waals surface area (Å²) in [4.78, 5) is 22.0. The first-order valence-corrected chi connectivity index (χ1v) is 8.61. The van der Waals surface area contributed by atoms with Gasteiger partial charge < -0.3 is 29.6 Å². The van der Waals surface area contributed by atoms with E-state index in [9.17, 15) is 9.59 Å². The maximum atomic E-state index is 11.0. The summed E-state index contributed by atoms with van der Waals surface area (Å²) in [6, 6.07) is 0. The Morgan fingerprint density at radius 1 is 0.750 bits per heavy atom. The van der Waals surface area contributed by atoms with Crippen LogP contribution in [0.4, 0.5) is 4.79 Å². The molecular formula is C16H32N2O6. The van der Waals surface area contributed by atoms with Crippen LogP contribution in [0.5, 0.6) is 0 Å². The molecule has 0 radical (unpaired) electrons. The first-order chi connectivity index (χ1) is 11.7. The van der Waals surface area contributed by atoms with Gasteiger partial charge in [-0.2, -0.15) is 0 Å². The number of nitrogens with one attached hydrogen (secondary N) is 2. The predicted molar refractivity (Wildman–Crippen MR) is 90.0 cm³/mol. The third kappa shape index (κ3) is 17.0. The molecule has 0 aromatic carbocycles. The number of ether oxygens (including phenoxy) is 4. The number of carbonyl (C=O) groups is 2. The van der Waals surface area contributed by atoms with Crippen LogP contribution < -0.4 is 10.6 Å². The monoisotopic (exact) mass is 348 g/mol. The van der Waals surface area contributed by atoms with Gasteiger partial charge in [0.25, 0.3) is 0 Å². The normalized spacial score (nSPS) is 10.4. The Balaban J connectivity index is 3.07. The molecule has 0 aromatic rings. The van der Waals surface area contributed by atoms with Gasteiger partial charge in [-0.15, -0.1) is 0 Å². The quantitative estimate of drug-likeness (QED) is 0.406. The molecule has 8 heteroatoms. The Bertz CT molecular complexity index is 315. The van der Waals surface area contributed by atoms with Crippen molar-refractivity contribution in [3.05, 3.63) is 0 Å². The molecule has 24 heavy (non-hydrogen) atoms. The van der Waals surface area contributed by atoms with E-state index in [0.717, 1.165) is 12.8 Å². The van der Waals surface area contributed by atoms with Gasteiger partial charge in [0.15, 0.2) is 0 Å². The molecule has 0 saturated carbocycles. The van der Waals surface area contributed by atoms with Crippen LogP contribution in [-0.4, -0.2) is 71.3 Å². The predicted octanol–water partition coefficient (Wildman–Crippen LogP) is 1.09. The second-order valence-corrected chi connectivity index (χ2v) is 4.89. The summed E-state index contributed by atoms with van der Waals surface area (Å²) in [5.74, 6) is 0.0648. The Labute approximate surface area is 144 Å². The topological polar surface area (TPSA) is 95.1 Å². The van der Waals surface area contributed by atoms with Gasteiger partial charge in [0.05, 0.1) is 33.0 Å². The van der Waals surface area contributed by atoms with Crippen LogP contribution in [-0.2, 0) is 23.7 Å². The van der Waals surface area contributed by atoms with E-state index >= 15 is 0 Å². The van der Waals surface area contributed by atoms with Gasteiger partial charge in [-0.05, 0) is 19.8 Å². The zero-order chi connectivity index (χ0) is 17.9. The van der Waals surface area contributed by atoms with Crippen molar-refractivity contribution in [2.24, 2.45) is 0 Å². The van der Waals surface area contributed by atoms with Gasteiger partial charge in [-0.3, -0.25) is 4.79 Å². The lowest BCUT2D eigenvalue weighted by Gasteiger charge is -2.08. The first-order valence-electron chi connectivity index (χ1n) is 8.61. The summed E-state index contributed by atoms with van der Waals surface area (Å²) in [5.41, 5.74) is 0. The minimum atomic E-state index is -0.395. The second-order valence-electron chi connectivity index (χ2n) is 4.89. The lowest BCUT2D eigenvalue weighted by Crippen LogP contribution is -2.26. The lowest BCUT2D eigenvalue weighted by atomic mass is 10.4. The van der Waals surface area contributed by atoms with E-state index < -0.39 is 6.09 Å². The highest BCUT2D eigenvalue weighted by atomic mass is 16.5. The van der Waals surface area contributed by atoms with Gasteiger partial charge in [0.2, 0.25) is 5.91 Å². The molecule has 0 saturated heterocycles. The highest BCUT2D eigenvalue weighted by Crippen LogP contribution is 1.86. The zero-order valence-electron chi connectivity index (χ0n) is 14.9. The minimum absolute atomic E-state index is 0.0648. The van der Waals surface area contributed by atoms with Crippen LogP contribution in [0.1, 0.15) is 33.1 Å². The molecule has 0 fully saturated rings. The van der Waals surface area contributed by atoms with E-state index in [1.165, 1.54) is 0 Å². The number of hydrogen-bond donors (Lipinski definition) is 2. The third-order valence-corrected chi connectivity index (χ3v) is 2.86. The molecule has 0 atom stereocenters. The molecule has 8 nitrogen and oxygen atoms in total. The van der Waals surface area contributed by atoms with E-state index in [1.807, 2.05) is 6.92 Å². The molecule has 0 aliphatic rings. The SMILES string of the molecule is CCOC(=O)NCCCOCCOCCOCCCNC(=O)CC. The largest absolute Gasteiger partial charge is 0.450 e. The van der Waals surface area contributed by atoms with Crippen LogP contribution in [0, 0.1) is 0 Å². The number of alkyl carbamates (subject to hydrolysis) is 1. The first kappa shape index (κ1) is 22.6. The summed E-state index contributed by atoms with van der Waals surface area (Å²) in [6.45, 7) is 8.41. The summed E-state index contributed by atoms with van der Waals surface area (Å²) < 4.78 is 20.8. The molecular weight excluding hydrogens is 316 g/mol. The maximum absolute atomic E-state index is 11.0. The summed E-state index contributed by atoms with van der Waals surface area (Å²) in [7, 11) is 0. The number of hydrogen-bond acceptors (Lipinski definition) is 6. The van der Waals surface area contributed by atoms with Crippen LogP contribution in [0.15, 0.2) is 0 Å². The van der Waals surface area contributed by atoms with Crippen molar-refractivity contribution in [1.82, 2.24) is 10.6 Å². The fraction of sp³-hybridized carbons (Fsp3) is 0.875. The van der Waals surface area contributed by atoms with Crippen molar-refractivity contribution in [3.8, 4) is 0 Å². The number of carbonyl (C=O) groups excluding carboxylic acids is 2. The molecule has 0 aliphatic carbocycles. The number of amides is 2. The average Bonchev–Trinajstić information content (AvgIpc) is 2.58. The van der Waals surface area contributed by atoms with Crippen molar-refractivity contribution in [1.29, 1.82) is 0 Å². The van der Waals surface area contributed by atoms with Gasteiger partial charge >= 0.3 is 6.09 Å². The molecule has 0 spiro atoms. The fourth-order valence-corrected chi connectivity index (χ4v) is 1.62. The van der Waals surface area contributed by atoms with E-state index in [-0.39, 0.29) is 5.91 Å². The average molecular weight is 348 g/mol. The van der Waals surface area contributed by atoms with Crippen LogP contribution in [0.3, 0.4) is 0 Å². The van der Waals surface area contributed by atoms with Crippen LogP contribution in [0.25, 0.3) is 0 Å². The minimum Gasteiger partial charge on any atom is -0.450 e. The molecule has 0 aliphatic heterocycles. The summed E-state index contributed by atoms with van der Waals surface area (Å²) in [6.07, 6.45) is 1.65. The Hall–Kier alpha value is -1.38. The van der Waals surface area contributed by atoms with Gasteiger partial charge in [-0.25, -0.2) is 4.79 Å². The Morgan fingerprint density at radius 2 is 1.25 bits per heavy atom. The van der Waals surface area contributed by atoms with Gasteiger partial charge in [0, 0.05) is 32.7 Å². The maximum Gasteiger partial charge on any atom is 0.407 e. The van der Waals surface area contributed by atoms with Crippen molar-refractivity contribution >= 4 is 12.0 Å². The van der Waals surface area contributed by atoms with E-state index in [0.29, 0.717) is 65.8 Å². The Kier molecular flexibility index (Phi) is 16.9. The van der Waals surface area contributed by atoms with Crippen molar-refractivity contribution in [3.63, 3.8) is 0 Å². The van der Waals surface area contributed by atoms with Gasteiger partial charge in [0.1, 0.15) is 0 Å². The molecule has 0 heterocycles. The highest BCUT2D eigenvalue weighted by Gasteiger charge is 1.98. The molecule has 2 amide bonds. The standard InChI is InChI=1S/C16H32N2O6/c1-3-15(19)17-7-5-9-21-11-13-23-14-12-22-10-6-8-18-16(20)24-4-2/h3-14H2,1-2H3,(H,17,19)(H,18,20). The Morgan fingerprint density at radius 3 is 1.75 bits per heavy atom. The van der Waals surface area contributed by atoms with E-state index in [2.05, 4.69) is 10.6 Å². The molecule has 142 valence electrons. The van der Waals surface area contributed by atoms with Crippen LogP contribution >= 0.6 is 0 Å². The summed E-state index contributed by atoms with van der Waals surface area (Å²) >= 11 is 0. The molecule has 0 rings (SSSR count). The zero-order valence-corrected chi connectivity index (χ0v) is 14.9. The molecule has 0 unspecified atom stereocenters. The fourth-order valence-electron chi connectivity index (χ4n) is 1.62. The smallest absolute Gasteiger partial charge is 0.407 e.